The summed E-state index contributed by atoms with van der Waals surface area (Å²) in [5.41, 5.74) is 3.19. The van der Waals surface area contributed by atoms with E-state index in [0.717, 1.165) is 17.5 Å². The number of alkyl halides is 1. The summed E-state index contributed by atoms with van der Waals surface area (Å²) in [6, 6.07) is 6.04. The summed E-state index contributed by atoms with van der Waals surface area (Å²) in [6.45, 7) is 5.98. The molecule has 0 fully saturated rings. The number of aryl methyl sites for hydroxylation is 2. The van der Waals surface area contributed by atoms with Crippen LogP contribution in [0.3, 0.4) is 0 Å². The van der Waals surface area contributed by atoms with Crippen molar-refractivity contribution < 1.29 is 4.79 Å². The second-order valence-electron chi connectivity index (χ2n) is 3.54. The van der Waals surface area contributed by atoms with E-state index in [9.17, 15) is 4.79 Å². The van der Waals surface area contributed by atoms with Crippen molar-refractivity contribution in [2.75, 3.05) is 0 Å². The lowest BCUT2D eigenvalue weighted by Gasteiger charge is -2.06. The second kappa shape index (κ2) is 4.74. The van der Waals surface area contributed by atoms with E-state index in [0.29, 0.717) is 0 Å². The zero-order valence-corrected chi connectivity index (χ0v) is 10.4. The lowest BCUT2D eigenvalue weighted by Crippen LogP contribution is -2.10. The number of hydrogen-bond donors (Lipinski definition) is 0. The van der Waals surface area contributed by atoms with Gasteiger partial charge in [-0.25, -0.2) is 0 Å². The van der Waals surface area contributed by atoms with E-state index < -0.39 is 0 Å². The lowest BCUT2D eigenvalue weighted by molar-refractivity contribution is 0.0995. The van der Waals surface area contributed by atoms with Gasteiger partial charge in [0.2, 0.25) is 0 Å². The number of hydrogen-bond acceptors (Lipinski definition) is 1. The Hall–Kier alpha value is -0.630. The smallest absolute Gasteiger partial charge is 0.176 e. The van der Waals surface area contributed by atoms with Crippen molar-refractivity contribution in [2.24, 2.45) is 0 Å². The predicted octanol–water partition coefficient (Wildman–Crippen LogP) is 3.52. The maximum absolute atomic E-state index is 11.7. The second-order valence-corrected chi connectivity index (χ2v) is 4.91. The van der Waals surface area contributed by atoms with Crippen molar-refractivity contribution in [3.8, 4) is 0 Å². The summed E-state index contributed by atoms with van der Waals surface area (Å²) in [7, 11) is 0. The first-order valence-electron chi connectivity index (χ1n) is 4.83. The number of benzene rings is 1. The van der Waals surface area contributed by atoms with Gasteiger partial charge in [0.15, 0.2) is 5.78 Å². The maximum Gasteiger partial charge on any atom is 0.176 e. The molecule has 1 aromatic rings. The quantitative estimate of drug-likeness (QED) is 0.596. The Balaban J connectivity index is 3.09. The molecule has 1 aromatic carbocycles. The Kier molecular flexibility index (Phi) is 3.87. The van der Waals surface area contributed by atoms with Gasteiger partial charge in [-0.2, -0.15) is 0 Å². The molecule has 0 aromatic heterocycles. The number of Topliss-reactive ketones (excluding diaryl/α,β-unsaturated/α-hetero) is 1. The standard InChI is InChI=1S/C12H15BrO/c1-4-10-5-8(2)6-11(7-10)12(14)9(3)13/h5-7,9H,4H2,1-3H3. The van der Waals surface area contributed by atoms with Crippen molar-refractivity contribution in [3.05, 3.63) is 34.9 Å². The highest BCUT2D eigenvalue weighted by Gasteiger charge is 2.12. The highest BCUT2D eigenvalue weighted by atomic mass is 79.9. The largest absolute Gasteiger partial charge is 0.293 e. The molecular formula is C12H15BrO. The van der Waals surface area contributed by atoms with Crippen LogP contribution in [0.25, 0.3) is 0 Å². The van der Waals surface area contributed by atoms with E-state index in [1.807, 2.05) is 26.0 Å². The molecular weight excluding hydrogens is 240 g/mol. The third-order valence-electron chi connectivity index (χ3n) is 2.19. The first kappa shape index (κ1) is 11.4. The van der Waals surface area contributed by atoms with E-state index in [4.69, 9.17) is 0 Å². The Labute approximate surface area is 93.7 Å². The molecule has 0 bridgehead atoms. The maximum atomic E-state index is 11.7. The van der Waals surface area contributed by atoms with Crippen molar-refractivity contribution in [2.45, 2.75) is 32.0 Å². The molecule has 14 heavy (non-hydrogen) atoms. The normalized spacial score (nSPS) is 12.6. The fourth-order valence-electron chi connectivity index (χ4n) is 1.44. The first-order valence-corrected chi connectivity index (χ1v) is 5.75. The average Bonchev–Trinajstić information content (AvgIpc) is 2.15. The molecule has 0 radical (unpaired) electrons. The molecule has 0 aliphatic heterocycles. The van der Waals surface area contributed by atoms with E-state index in [1.54, 1.807) is 0 Å². The molecule has 1 rings (SSSR count). The Morgan fingerprint density at radius 2 is 2.07 bits per heavy atom. The monoisotopic (exact) mass is 254 g/mol. The molecule has 1 unspecified atom stereocenters. The summed E-state index contributed by atoms with van der Waals surface area (Å²) >= 11 is 3.30. The molecule has 0 saturated carbocycles. The van der Waals surface area contributed by atoms with E-state index >= 15 is 0 Å². The zero-order valence-electron chi connectivity index (χ0n) is 8.80. The zero-order chi connectivity index (χ0) is 10.7. The Morgan fingerprint density at radius 3 is 2.57 bits per heavy atom. The van der Waals surface area contributed by atoms with Gasteiger partial charge < -0.3 is 0 Å². The van der Waals surface area contributed by atoms with Crippen LogP contribution in [0, 0.1) is 6.92 Å². The molecule has 0 spiro atoms. The molecule has 0 N–H and O–H groups in total. The van der Waals surface area contributed by atoms with Crippen LogP contribution in [0.2, 0.25) is 0 Å². The van der Waals surface area contributed by atoms with Crippen LogP contribution < -0.4 is 0 Å². The van der Waals surface area contributed by atoms with Crippen molar-refractivity contribution in [1.82, 2.24) is 0 Å². The third kappa shape index (κ3) is 2.68. The number of carbonyl (C=O) groups excluding carboxylic acids is 1. The first-order chi connectivity index (χ1) is 6.54. The summed E-state index contributed by atoms with van der Waals surface area (Å²) < 4.78 is 0. The van der Waals surface area contributed by atoms with Crippen LogP contribution in [0.4, 0.5) is 0 Å². The molecule has 1 nitrogen and oxygen atoms in total. The van der Waals surface area contributed by atoms with Gasteiger partial charge in [-0.1, -0.05) is 34.5 Å². The summed E-state index contributed by atoms with van der Waals surface area (Å²) in [5.74, 6) is 0.156. The van der Waals surface area contributed by atoms with Crippen molar-refractivity contribution in [3.63, 3.8) is 0 Å². The highest BCUT2D eigenvalue weighted by molar-refractivity contribution is 9.10. The number of rotatable bonds is 3. The molecule has 0 aliphatic carbocycles. The summed E-state index contributed by atoms with van der Waals surface area (Å²) in [4.78, 5) is 11.6. The number of ketones is 1. The van der Waals surface area contributed by atoms with Gasteiger partial charge in [0.05, 0.1) is 4.83 Å². The van der Waals surface area contributed by atoms with Gasteiger partial charge >= 0.3 is 0 Å². The van der Waals surface area contributed by atoms with Crippen LogP contribution in [-0.2, 0) is 6.42 Å². The van der Waals surface area contributed by atoms with Crippen LogP contribution in [-0.4, -0.2) is 10.6 Å². The fraction of sp³-hybridized carbons (Fsp3) is 0.417. The summed E-state index contributed by atoms with van der Waals surface area (Å²) in [5, 5.41) is 0. The van der Waals surface area contributed by atoms with Gasteiger partial charge in [0, 0.05) is 5.56 Å². The predicted molar refractivity (Wildman–Crippen MR) is 63.3 cm³/mol. The summed E-state index contributed by atoms with van der Waals surface area (Å²) in [6.07, 6.45) is 0.971. The van der Waals surface area contributed by atoms with Crippen LogP contribution >= 0.6 is 15.9 Å². The molecule has 1 atom stereocenters. The minimum atomic E-state index is -0.103. The molecule has 2 heteroatoms. The minimum Gasteiger partial charge on any atom is -0.293 e. The molecule has 0 saturated heterocycles. The molecule has 0 aliphatic rings. The van der Waals surface area contributed by atoms with E-state index in [1.165, 1.54) is 5.56 Å². The van der Waals surface area contributed by atoms with Crippen molar-refractivity contribution >= 4 is 21.7 Å². The number of carbonyl (C=O) groups is 1. The highest BCUT2D eigenvalue weighted by Crippen LogP contribution is 2.14. The molecule has 0 heterocycles. The lowest BCUT2D eigenvalue weighted by atomic mass is 10.0. The minimum absolute atomic E-state index is 0.103. The Morgan fingerprint density at radius 1 is 1.43 bits per heavy atom. The van der Waals surface area contributed by atoms with Crippen LogP contribution in [0.1, 0.15) is 35.3 Å². The van der Waals surface area contributed by atoms with Gasteiger partial charge in [-0.15, -0.1) is 0 Å². The van der Waals surface area contributed by atoms with E-state index in [2.05, 4.69) is 28.9 Å². The van der Waals surface area contributed by atoms with Crippen LogP contribution in [0.5, 0.6) is 0 Å². The molecule has 0 amide bonds. The Bertz CT molecular complexity index is 342. The SMILES string of the molecule is CCc1cc(C)cc(C(=O)C(C)Br)c1. The topological polar surface area (TPSA) is 17.1 Å². The average molecular weight is 255 g/mol. The van der Waals surface area contributed by atoms with Crippen LogP contribution in [0.15, 0.2) is 18.2 Å². The number of halogens is 1. The molecule has 76 valence electrons. The third-order valence-corrected chi connectivity index (χ3v) is 2.61. The van der Waals surface area contributed by atoms with Gasteiger partial charge in [-0.05, 0) is 38.0 Å². The van der Waals surface area contributed by atoms with Gasteiger partial charge in [0.25, 0.3) is 0 Å². The fourth-order valence-corrected chi connectivity index (χ4v) is 1.70. The van der Waals surface area contributed by atoms with Gasteiger partial charge in [0.1, 0.15) is 0 Å². The van der Waals surface area contributed by atoms with Crippen molar-refractivity contribution in [1.29, 1.82) is 0 Å². The van der Waals surface area contributed by atoms with Gasteiger partial charge in [-0.3, -0.25) is 4.79 Å². The van der Waals surface area contributed by atoms with E-state index in [-0.39, 0.29) is 10.6 Å².